The quantitative estimate of drug-likeness (QED) is 0.801. The lowest BCUT2D eigenvalue weighted by Crippen LogP contribution is -2.39. The zero-order chi connectivity index (χ0) is 21.2. The Morgan fingerprint density at radius 3 is 2.41 bits per heavy atom. The third-order valence-electron chi connectivity index (χ3n) is 4.61. The van der Waals surface area contributed by atoms with Crippen molar-refractivity contribution in [3.05, 3.63) is 53.6 Å². The number of rotatable bonds is 4. The number of amides is 3. The van der Waals surface area contributed by atoms with Crippen molar-refractivity contribution in [3.8, 4) is 5.75 Å². The van der Waals surface area contributed by atoms with Gasteiger partial charge in [0.25, 0.3) is 0 Å². The SMILES string of the molecule is Cc1ccc(N2C[C@@H](NC(=O)Nc3ccc(OC(F)(F)F)cc3)CC2=O)cc1C. The molecule has 2 N–H and O–H groups in total. The van der Waals surface area contributed by atoms with E-state index in [0.717, 1.165) is 28.9 Å². The molecule has 0 spiro atoms. The molecule has 3 rings (SSSR count). The second kappa shape index (κ2) is 8.02. The van der Waals surface area contributed by atoms with E-state index in [9.17, 15) is 22.8 Å². The minimum atomic E-state index is -4.77. The summed E-state index contributed by atoms with van der Waals surface area (Å²) in [4.78, 5) is 26.1. The summed E-state index contributed by atoms with van der Waals surface area (Å²) in [6, 6.07) is 9.60. The van der Waals surface area contributed by atoms with Gasteiger partial charge in [-0.15, -0.1) is 13.2 Å². The summed E-state index contributed by atoms with van der Waals surface area (Å²) >= 11 is 0. The van der Waals surface area contributed by atoms with Crippen LogP contribution in [0, 0.1) is 13.8 Å². The number of benzene rings is 2. The number of nitrogens with zero attached hydrogens (tertiary/aromatic N) is 1. The highest BCUT2D eigenvalue weighted by Gasteiger charge is 2.32. The van der Waals surface area contributed by atoms with Gasteiger partial charge < -0.3 is 20.3 Å². The molecule has 0 radical (unpaired) electrons. The summed E-state index contributed by atoms with van der Waals surface area (Å²) in [6.45, 7) is 4.29. The lowest BCUT2D eigenvalue weighted by Gasteiger charge is -2.18. The fourth-order valence-corrected chi connectivity index (χ4v) is 3.04. The number of ether oxygens (including phenoxy) is 1. The topological polar surface area (TPSA) is 70.7 Å². The van der Waals surface area contributed by atoms with E-state index in [-0.39, 0.29) is 24.1 Å². The average molecular weight is 407 g/mol. The molecule has 1 saturated heterocycles. The standard InChI is InChI=1S/C20H20F3N3O3/c1-12-3-6-16(9-13(12)2)26-11-15(10-18(26)27)25-19(28)24-14-4-7-17(8-5-14)29-20(21,22)23/h3-9,15H,10-11H2,1-2H3,(H2,24,25,28)/t15-/m0/s1. The molecule has 0 saturated carbocycles. The van der Waals surface area contributed by atoms with Gasteiger partial charge in [0.2, 0.25) is 5.91 Å². The molecular weight excluding hydrogens is 387 g/mol. The molecule has 1 aliphatic heterocycles. The Balaban J connectivity index is 1.56. The van der Waals surface area contributed by atoms with Crippen molar-refractivity contribution in [3.63, 3.8) is 0 Å². The van der Waals surface area contributed by atoms with Crippen LogP contribution in [0.5, 0.6) is 5.75 Å². The summed E-state index contributed by atoms with van der Waals surface area (Å²) in [5.74, 6) is -0.471. The Labute approximate surface area is 165 Å². The van der Waals surface area contributed by atoms with Gasteiger partial charge in [-0.2, -0.15) is 0 Å². The Bertz CT molecular complexity index is 913. The molecule has 0 unspecified atom stereocenters. The first kappa shape index (κ1) is 20.5. The zero-order valence-corrected chi connectivity index (χ0v) is 15.8. The summed E-state index contributed by atoms with van der Waals surface area (Å²) in [5.41, 5.74) is 3.28. The fourth-order valence-electron chi connectivity index (χ4n) is 3.04. The summed E-state index contributed by atoms with van der Waals surface area (Å²) < 4.78 is 40.3. The number of nitrogens with one attached hydrogen (secondary N) is 2. The molecule has 0 bridgehead atoms. The van der Waals surface area contributed by atoms with Gasteiger partial charge in [0.15, 0.2) is 0 Å². The minimum absolute atomic E-state index is 0.0906. The van der Waals surface area contributed by atoms with Crippen LogP contribution in [0.4, 0.5) is 29.3 Å². The van der Waals surface area contributed by atoms with Gasteiger partial charge in [0.1, 0.15) is 5.75 Å². The van der Waals surface area contributed by atoms with Crippen LogP contribution in [0.1, 0.15) is 17.5 Å². The molecule has 1 fully saturated rings. The van der Waals surface area contributed by atoms with E-state index < -0.39 is 12.4 Å². The van der Waals surface area contributed by atoms with Gasteiger partial charge in [0.05, 0.1) is 6.04 Å². The van der Waals surface area contributed by atoms with E-state index in [0.29, 0.717) is 12.2 Å². The number of carbonyl (C=O) groups is 2. The summed E-state index contributed by atoms with van der Waals surface area (Å²) in [5, 5.41) is 5.24. The molecule has 29 heavy (non-hydrogen) atoms. The van der Waals surface area contributed by atoms with E-state index >= 15 is 0 Å². The van der Waals surface area contributed by atoms with E-state index in [1.54, 1.807) is 4.90 Å². The Hall–Kier alpha value is -3.23. The highest BCUT2D eigenvalue weighted by atomic mass is 19.4. The molecule has 1 atom stereocenters. The third-order valence-corrected chi connectivity index (χ3v) is 4.61. The molecule has 0 aromatic heterocycles. The first-order chi connectivity index (χ1) is 13.6. The second-order valence-electron chi connectivity index (χ2n) is 6.84. The number of aryl methyl sites for hydroxylation is 2. The van der Waals surface area contributed by atoms with Crippen LogP contribution in [0.15, 0.2) is 42.5 Å². The Morgan fingerprint density at radius 2 is 1.79 bits per heavy atom. The third kappa shape index (κ3) is 5.40. The Morgan fingerprint density at radius 1 is 1.10 bits per heavy atom. The van der Waals surface area contributed by atoms with Crippen molar-refractivity contribution in [2.45, 2.75) is 32.7 Å². The van der Waals surface area contributed by atoms with E-state index in [1.165, 1.54) is 12.1 Å². The molecule has 1 heterocycles. The molecule has 2 aromatic carbocycles. The number of carbonyl (C=O) groups excluding carboxylic acids is 2. The zero-order valence-electron chi connectivity index (χ0n) is 15.8. The monoisotopic (exact) mass is 407 g/mol. The number of hydrogen-bond acceptors (Lipinski definition) is 3. The van der Waals surface area contributed by atoms with Crippen LogP contribution in [0.25, 0.3) is 0 Å². The lowest BCUT2D eigenvalue weighted by molar-refractivity contribution is -0.274. The smallest absolute Gasteiger partial charge is 0.406 e. The summed E-state index contributed by atoms with van der Waals surface area (Å²) in [6.07, 6.45) is -4.61. The first-order valence-corrected chi connectivity index (χ1v) is 8.92. The van der Waals surface area contributed by atoms with Crippen LogP contribution in [-0.4, -0.2) is 30.9 Å². The number of anilines is 2. The minimum Gasteiger partial charge on any atom is -0.406 e. The summed E-state index contributed by atoms with van der Waals surface area (Å²) in [7, 11) is 0. The van der Waals surface area contributed by atoms with E-state index in [2.05, 4.69) is 15.4 Å². The Kier molecular flexibility index (Phi) is 5.67. The van der Waals surface area contributed by atoms with E-state index in [4.69, 9.17) is 0 Å². The maximum atomic E-state index is 12.3. The average Bonchev–Trinajstić information content (AvgIpc) is 2.98. The highest BCUT2D eigenvalue weighted by Crippen LogP contribution is 2.25. The van der Waals surface area contributed by atoms with Crippen molar-refractivity contribution in [1.82, 2.24) is 5.32 Å². The van der Waals surface area contributed by atoms with Crippen LogP contribution >= 0.6 is 0 Å². The fraction of sp³-hybridized carbons (Fsp3) is 0.300. The molecule has 6 nitrogen and oxygen atoms in total. The molecular formula is C20H20F3N3O3. The van der Waals surface area contributed by atoms with Gasteiger partial charge in [-0.25, -0.2) is 4.79 Å². The number of urea groups is 1. The molecule has 154 valence electrons. The van der Waals surface area contributed by atoms with Gasteiger partial charge in [0, 0.05) is 24.3 Å². The van der Waals surface area contributed by atoms with Crippen molar-refractivity contribution < 1.29 is 27.5 Å². The van der Waals surface area contributed by atoms with Crippen LogP contribution in [-0.2, 0) is 4.79 Å². The molecule has 1 aliphatic rings. The van der Waals surface area contributed by atoms with Crippen LogP contribution in [0.2, 0.25) is 0 Å². The highest BCUT2D eigenvalue weighted by molar-refractivity contribution is 5.97. The number of hydrogen-bond donors (Lipinski definition) is 2. The van der Waals surface area contributed by atoms with Gasteiger partial charge in [-0.05, 0) is 61.4 Å². The maximum absolute atomic E-state index is 12.3. The largest absolute Gasteiger partial charge is 0.573 e. The van der Waals surface area contributed by atoms with Crippen LogP contribution < -0.4 is 20.3 Å². The van der Waals surface area contributed by atoms with Crippen molar-refractivity contribution in [2.24, 2.45) is 0 Å². The van der Waals surface area contributed by atoms with Gasteiger partial charge in [-0.3, -0.25) is 4.79 Å². The first-order valence-electron chi connectivity index (χ1n) is 8.92. The van der Waals surface area contributed by atoms with Crippen molar-refractivity contribution >= 4 is 23.3 Å². The van der Waals surface area contributed by atoms with Gasteiger partial charge in [-0.1, -0.05) is 6.07 Å². The molecule has 2 aromatic rings. The number of halogens is 3. The number of alkyl halides is 3. The van der Waals surface area contributed by atoms with Crippen molar-refractivity contribution in [2.75, 3.05) is 16.8 Å². The molecule has 0 aliphatic carbocycles. The lowest BCUT2D eigenvalue weighted by atomic mass is 10.1. The molecule has 3 amide bonds. The van der Waals surface area contributed by atoms with Gasteiger partial charge >= 0.3 is 12.4 Å². The predicted molar refractivity (Wildman–Crippen MR) is 102 cm³/mol. The molecule has 9 heteroatoms. The van der Waals surface area contributed by atoms with Crippen LogP contribution in [0.3, 0.4) is 0 Å². The van der Waals surface area contributed by atoms with E-state index in [1.807, 2.05) is 32.0 Å². The van der Waals surface area contributed by atoms with Crippen molar-refractivity contribution in [1.29, 1.82) is 0 Å². The predicted octanol–water partition coefficient (Wildman–Crippen LogP) is 4.13. The maximum Gasteiger partial charge on any atom is 0.573 e. The normalized spacial score (nSPS) is 16.7. The second-order valence-corrected chi connectivity index (χ2v) is 6.84.